The third kappa shape index (κ3) is 3.35. The summed E-state index contributed by atoms with van der Waals surface area (Å²) in [7, 11) is 0. The van der Waals surface area contributed by atoms with Crippen LogP contribution >= 0.6 is 0 Å². The van der Waals surface area contributed by atoms with Crippen LogP contribution in [0.25, 0.3) is 0 Å². The monoisotopic (exact) mass is 348 g/mol. The van der Waals surface area contributed by atoms with Crippen molar-refractivity contribution in [3.63, 3.8) is 0 Å². The second-order valence-corrected chi connectivity index (χ2v) is 5.89. The Kier molecular flexibility index (Phi) is 4.24. The normalized spacial score (nSPS) is 16.5. The SMILES string of the molecule is CC1Cc2ccccc2N1C(=O)C(=O)Nc1ccc(C(F)(F)F)cc1. The van der Waals surface area contributed by atoms with Crippen LogP contribution in [0.2, 0.25) is 0 Å². The Morgan fingerprint density at radius 2 is 1.72 bits per heavy atom. The molecule has 1 atom stereocenters. The van der Waals surface area contributed by atoms with Crippen molar-refractivity contribution in [2.45, 2.75) is 25.6 Å². The number of alkyl halides is 3. The van der Waals surface area contributed by atoms with Crippen LogP contribution in [0.5, 0.6) is 0 Å². The Bertz CT molecular complexity index is 816. The van der Waals surface area contributed by atoms with Crippen molar-refractivity contribution >= 4 is 23.2 Å². The molecule has 1 aliphatic rings. The lowest BCUT2D eigenvalue weighted by Crippen LogP contribution is -2.43. The summed E-state index contributed by atoms with van der Waals surface area (Å²) in [5.74, 6) is -1.62. The first-order chi connectivity index (χ1) is 11.8. The Hall–Kier alpha value is -2.83. The van der Waals surface area contributed by atoms with Crippen molar-refractivity contribution in [3.8, 4) is 0 Å². The number of fused-ring (bicyclic) bond motifs is 1. The molecule has 2 aromatic carbocycles. The fraction of sp³-hybridized carbons (Fsp3) is 0.222. The predicted molar refractivity (Wildman–Crippen MR) is 87.2 cm³/mol. The van der Waals surface area contributed by atoms with Gasteiger partial charge < -0.3 is 10.2 Å². The fourth-order valence-electron chi connectivity index (χ4n) is 2.91. The van der Waals surface area contributed by atoms with Crippen molar-refractivity contribution in [1.82, 2.24) is 0 Å². The van der Waals surface area contributed by atoms with Gasteiger partial charge in [-0.1, -0.05) is 18.2 Å². The summed E-state index contributed by atoms with van der Waals surface area (Å²) >= 11 is 0. The number of benzene rings is 2. The first-order valence-electron chi connectivity index (χ1n) is 7.67. The quantitative estimate of drug-likeness (QED) is 0.800. The molecule has 1 N–H and O–H groups in total. The highest BCUT2D eigenvalue weighted by molar-refractivity contribution is 6.44. The van der Waals surface area contributed by atoms with Crippen LogP contribution in [-0.4, -0.2) is 17.9 Å². The van der Waals surface area contributed by atoms with Crippen LogP contribution < -0.4 is 10.2 Å². The van der Waals surface area contributed by atoms with Crippen molar-refractivity contribution in [1.29, 1.82) is 0 Å². The zero-order valence-electron chi connectivity index (χ0n) is 13.3. The summed E-state index contributed by atoms with van der Waals surface area (Å²) in [6.07, 6.45) is -3.80. The van der Waals surface area contributed by atoms with E-state index in [0.717, 1.165) is 29.8 Å². The van der Waals surface area contributed by atoms with Gasteiger partial charge in [0.05, 0.1) is 5.56 Å². The molecule has 0 aliphatic carbocycles. The summed E-state index contributed by atoms with van der Waals surface area (Å²) in [6, 6.07) is 11.1. The molecule has 1 unspecified atom stereocenters. The summed E-state index contributed by atoms with van der Waals surface area (Å²) in [5.41, 5.74) is 0.971. The summed E-state index contributed by atoms with van der Waals surface area (Å²) < 4.78 is 37.7. The number of hydrogen-bond acceptors (Lipinski definition) is 2. The van der Waals surface area contributed by atoms with Crippen LogP contribution in [0.1, 0.15) is 18.1 Å². The molecular weight excluding hydrogens is 333 g/mol. The van der Waals surface area contributed by atoms with Crippen molar-refractivity contribution in [3.05, 3.63) is 59.7 Å². The molecule has 2 amide bonds. The van der Waals surface area contributed by atoms with Gasteiger partial charge in [-0.2, -0.15) is 13.2 Å². The first kappa shape index (κ1) is 17.0. The van der Waals surface area contributed by atoms with E-state index in [9.17, 15) is 22.8 Å². The van der Waals surface area contributed by atoms with E-state index in [-0.39, 0.29) is 11.7 Å². The summed E-state index contributed by atoms with van der Waals surface area (Å²) in [5, 5.41) is 2.35. The smallest absolute Gasteiger partial charge is 0.318 e. The third-order valence-corrected chi connectivity index (χ3v) is 4.09. The summed E-state index contributed by atoms with van der Waals surface area (Å²) in [6.45, 7) is 1.84. The van der Waals surface area contributed by atoms with Gasteiger partial charge in [0.25, 0.3) is 0 Å². The van der Waals surface area contributed by atoms with Gasteiger partial charge in [-0.25, -0.2) is 0 Å². The lowest BCUT2D eigenvalue weighted by atomic mass is 10.1. The lowest BCUT2D eigenvalue weighted by molar-refractivity contribution is -0.137. The highest BCUT2D eigenvalue weighted by atomic mass is 19.4. The molecule has 1 heterocycles. The van der Waals surface area contributed by atoms with Gasteiger partial charge >= 0.3 is 18.0 Å². The van der Waals surface area contributed by atoms with Gasteiger partial charge in [0.1, 0.15) is 0 Å². The van der Waals surface area contributed by atoms with E-state index in [0.29, 0.717) is 12.1 Å². The Morgan fingerprint density at radius 1 is 1.08 bits per heavy atom. The minimum absolute atomic E-state index is 0.131. The molecule has 2 aromatic rings. The molecule has 130 valence electrons. The molecule has 0 spiro atoms. The Balaban J connectivity index is 1.74. The number of nitrogens with one attached hydrogen (secondary N) is 1. The molecule has 25 heavy (non-hydrogen) atoms. The molecule has 0 saturated heterocycles. The Morgan fingerprint density at radius 3 is 2.36 bits per heavy atom. The van der Waals surface area contributed by atoms with Gasteiger partial charge in [0, 0.05) is 17.4 Å². The Labute approximate surface area is 142 Å². The lowest BCUT2D eigenvalue weighted by Gasteiger charge is -2.22. The average Bonchev–Trinajstić information content (AvgIpc) is 2.89. The minimum Gasteiger partial charge on any atom is -0.318 e. The maximum absolute atomic E-state index is 12.6. The molecule has 0 fully saturated rings. The molecule has 0 radical (unpaired) electrons. The number of carbonyl (C=O) groups is 2. The largest absolute Gasteiger partial charge is 0.416 e. The number of rotatable bonds is 1. The number of carbonyl (C=O) groups excluding carboxylic acids is 2. The zero-order chi connectivity index (χ0) is 18.2. The number of para-hydroxylation sites is 1. The van der Waals surface area contributed by atoms with Crippen LogP contribution in [0, 0.1) is 0 Å². The van der Waals surface area contributed by atoms with E-state index in [1.807, 2.05) is 19.1 Å². The highest BCUT2D eigenvalue weighted by Gasteiger charge is 2.34. The van der Waals surface area contributed by atoms with E-state index in [4.69, 9.17) is 0 Å². The van der Waals surface area contributed by atoms with Gasteiger partial charge in [-0.15, -0.1) is 0 Å². The third-order valence-electron chi connectivity index (χ3n) is 4.09. The number of anilines is 2. The number of hydrogen-bond donors (Lipinski definition) is 1. The summed E-state index contributed by atoms with van der Waals surface area (Å²) in [4.78, 5) is 26.1. The van der Waals surface area contributed by atoms with Gasteiger partial charge in [0.15, 0.2) is 0 Å². The molecule has 0 saturated carbocycles. The maximum Gasteiger partial charge on any atom is 0.416 e. The minimum atomic E-state index is -4.45. The molecule has 7 heteroatoms. The van der Waals surface area contributed by atoms with Crippen LogP contribution in [0.3, 0.4) is 0 Å². The number of nitrogens with zero attached hydrogens (tertiary/aromatic N) is 1. The predicted octanol–water partition coefficient (Wildman–Crippen LogP) is 3.62. The molecule has 4 nitrogen and oxygen atoms in total. The fourth-order valence-corrected chi connectivity index (χ4v) is 2.91. The first-order valence-corrected chi connectivity index (χ1v) is 7.67. The van der Waals surface area contributed by atoms with E-state index < -0.39 is 23.6 Å². The molecule has 0 bridgehead atoms. The molecule has 3 rings (SSSR count). The van der Waals surface area contributed by atoms with Crippen LogP contribution in [-0.2, 0) is 22.2 Å². The van der Waals surface area contributed by atoms with Gasteiger partial charge in [-0.05, 0) is 49.2 Å². The van der Waals surface area contributed by atoms with Crippen molar-refractivity contribution in [2.75, 3.05) is 10.2 Å². The second-order valence-electron chi connectivity index (χ2n) is 5.89. The molecule has 1 aliphatic heterocycles. The van der Waals surface area contributed by atoms with Crippen LogP contribution in [0.15, 0.2) is 48.5 Å². The van der Waals surface area contributed by atoms with Gasteiger partial charge in [0.2, 0.25) is 0 Å². The zero-order valence-corrected chi connectivity index (χ0v) is 13.3. The number of amides is 2. The van der Waals surface area contributed by atoms with Crippen molar-refractivity contribution < 1.29 is 22.8 Å². The molecular formula is C18H15F3N2O2. The number of halogens is 3. The van der Waals surface area contributed by atoms with E-state index in [2.05, 4.69) is 5.32 Å². The van der Waals surface area contributed by atoms with E-state index >= 15 is 0 Å². The highest BCUT2D eigenvalue weighted by Crippen LogP contribution is 2.32. The topological polar surface area (TPSA) is 49.4 Å². The average molecular weight is 348 g/mol. The maximum atomic E-state index is 12.6. The van der Waals surface area contributed by atoms with Gasteiger partial charge in [-0.3, -0.25) is 9.59 Å². The van der Waals surface area contributed by atoms with Crippen LogP contribution in [0.4, 0.5) is 24.5 Å². The van der Waals surface area contributed by atoms with E-state index in [1.54, 1.807) is 12.1 Å². The van der Waals surface area contributed by atoms with E-state index in [1.165, 1.54) is 4.90 Å². The second kappa shape index (κ2) is 6.23. The molecule has 0 aromatic heterocycles. The standard InChI is InChI=1S/C18H15F3N2O2/c1-11-10-12-4-2-3-5-15(12)23(11)17(25)16(24)22-14-8-6-13(7-9-14)18(19,20)21/h2-9,11H,10H2,1H3,(H,22,24). The van der Waals surface area contributed by atoms with Crippen molar-refractivity contribution in [2.24, 2.45) is 0 Å².